The summed E-state index contributed by atoms with van der Waals surface area (Å²) < 4.78 is 6.60. The normalized spacial score (nSPS) is 11.0. The van der Waals surface area contributed by atoms with Crippen molar-refractivity contribution >= 4 is 22.9 Å². The van der Waals surface area contributed by atoms with E-state index < -0.39 is 0 Å². The Morgan fingerprint density at radius 1 is 1.14 bits per heavy atom. The van der Waals surface area contributed by atoms with Crippen molar-refractivity contribution < 1.29 is 4.63 Å². The van der Waals surface area contributed by atoms with Gasteiger partial charge in [0.2, 0.25) is 11.3 Å². The van der Waals surface area contributed by atoms with E-state index in [0.29, 0.717) is 11.3 Å². The van der Waals surface area contributed by atoms with Gasteiger partial charge in [-0.1, -0.05) is 0 Å². The Balaban J connectivity index is 1.92. The van der Waals surface area contributed by atoms with Crippen LogP contribution in [0.4, 0.5) is 11.6 Å². The summed E-state index contributed by atoms with van der Waals surface area (Å²) in [5.74, 6) is 1.51. The molecule has 116 valence electrons. The van der Waals surface area contributed by atoms with Gasteiger partial charge in [-0.15, -0.1) is 0 Å². The minimum absolute atomic E-state index is 0.413. The number of aromatic nitrogens is 6. The summed E-state index contributed by atoms with van der Waals surface area (Å²) >= 11 is 0. The highest BCUT2D eigenvalue weighted by molar-refractivity contribution is 5.74. The van der Waals surface area contributed by atoms with E-state index in [1.165, 1.54) is 0 Å². The van der Waals surface area contributed by atoms with Gasteiger partial charge in [-0.25, -0.2) is 14.6 Å². The molecule has 9 heteroatoms. The Kier molecular flexibility index (Phi) is 3.86. The van der Waals surface area contributed by atoms with Crippen LogP contribution >= 0.6 is 0 Å². The highest BCUT2D eigenvalue weighted by atomic mass is 16.6. The van der Waals surface area contributed by atoms with Crippen molar-refractivity contribution in [3.8, 4) is 0 Å². The third-order valence-electron chi connectivity index (χ3n) is 3.34. The fraction of sp³-hybridized carbons (Fsp3) is 0.462. The molecule has 0 spiro atoms. The van der Waals surface area contributed by atoms with Crippen molar-refractivity contribution in [2.24, 2.45) is 0 Å². The molecule has 3 aromatic rings. The third-order valence-corrected chi connectivity index (χ3v) is 3.34. The van der Waals surface area contributed by atoms with E-state index in [1.54, 1.807) is 6.20 Å². The molecular formula is C13H18N8O. The number of anilines is 2. The highest BCUT2D eigenvalue weighted by Crippen LogP contribution is 2.25. The lowest BCUT2D eigenvalue weighted by Gasteiger charge is -2.25. The monoisotopic (exact) mass is 302 g/mol. The van der Waals surface area contributed by atoms with Gasteiger partial charge in [0.05, 0.1) is 6.54 Å². The molecule has 0 saturated heterocycles. The minimum Gasteiger partial charge on any atom is -0.360 e. The first-order valence-electron chi connectivity index (χ1n) is 7.09. The van der Waals surface area contributed by atoms with Crippen molar-refractivity contribution in [2.75, 3.05) is 37.0 Å². The van der Waals surface area contributed by atoms with Gasteiger partial charge >= 0.3 is 0 Å². The summed E-state index contributed by atoms with van der Waals surface area (Å²) in [4.78, 5) is 13.1. The Hall–Kier alpha value is -2.71. The van der Waals surface area contributed by atoms with Gasteiger partial charge in [-0.05, 0) is 23.3 Å². The number of fused-ring (bicyclic) bond motifs is 1. The Labute approximate surface area is 127 Å². The molecular weight excluding hydrogens is 284 g/mol. The average molecular weight is 302 g/mol. The average Bonchev–Trinajstić information content (AvgIpc) is 3.17. The number of nitrogens with zero attached hydrogens (tertiary/aromatic N) is 8. The van der Waals surface area contributed by atoms with Crippen LogP contribution in [0.1, 0.15) is 6.92 Å². The van der Waals surface area contributed by atoms with Crippen LogP contribution in [0, 0.1) is 0 Å². The van der Waals surface area contributed by atoms with Crippen molar-refractivity contribution in [1.29, 1.82) is 0 Å². The first-order chi connectivity index (χ1) is 10.7. The zero-order valence-corrected chi connectivity index (χ0v) is 12.8. The predicted octanol–water partition coefficient (Wildman–Crippen LogP) is 0.802. The van der Waals surface area contributed by atoms with Gasteiger partial charge in [-0.3, -0.25) is 4.68 Å². The topological polar surface area (TPSA) is 89.0 Å². The van der Waals surface area contributed by atoms with Crippen LogP contribution in [0.15, 0.2) is 23.1 Å². The molecule has 0 aliphatic heterocycles. The molecule has 3 aromatic heterocycles. The van der Waals surface area contributed by atoms with Gasteiger partial charge in [-0.2, -0.15) is 5.10 Å². The summed E-state index contributed by atoms with van der Waals surface area (Å²) in [5, 5.41) is 11.8. The summed E-state index contributed by atoms with van der Waals surface area (Å²) in [6, 6.07) is 1.91. The molecule has 9 nitrogen and oxygen atoms in total. The molecule has 3 rings (SSSR count). The molecule has 0 N–H and O–H groups in total. The van der Waals surface area contributed by atoms with Crippen LogP contribution in [0.3, 0.4) is 0 Å². The third kappa shape index (κ3) is 2.69. The lowest BCUT2D eigenvalue weighted by molar-refractivity contribution is 0.314. The second-order valence-electron chi connectivity index (χ2n) is 5.03. The lowest BCUT2D eigenvalue weighted by atomic mass is 10.4. The van der Waals surface area contributed by atoms with Gasteiger partial charge in [0.1, 0.15) is 0 Å². The molecule has 0 fully saturated rings. The van der Waals surface area contributed by atoms with Crippen molar-refractivity contribution in [2.45, 2.75) is 13.5 Å². The van der Waals surface area contributed by atoms with E-state index in [4.69, 9.17) is 4.63 Å². The SMILES string of the molecule is CCN(CCn1cccn1)c1nc2nonc2nc1N(C)C. The fourth-order valence-corrected chi connectivity index (χ4v) is 2.20. The Morgan fingerprint density at radius 3 is 2.45 bits per heavy atom. The first-order valence-corrected chi connectivity index (χ1v) is 7.09. The molecule has 0 aliphatic carbocycles. The second kappa shape index (κ2) is 5.96. The van der Waals surface area contributed by atoms with E-state index in [-0.39, 0.29) is 0 Å². The lowest BCUT2D eigenvalue weighted by Crippen LogP contribution is -2.30. The van der Waals surface area contributed by atoms with Crippen molar-refractivity contribution in [1.82, 2.24) is 30.1 Å². The maximum absolute atomic E-state index is 4.71. The molecule has 0 saturated carbocycles. The molecule has 0 radical (unpaired) electrons. The van der Waals surface area contributed by atoms with E-state index >= 15 is 0 Å². The molecule has 0 aliphatic rings. The number of hydrogen-bond acceptors (Lipinski definition) is 8. The maximum Gasteiger partial charge on any atom is 0.245 e. The molecule has 0 aromatic carbocycles. The number of likely N-dealkylation sites (N-methyl/N-ethyl adjacent to an activating group) is 1. The maximum atomic E-state index is 4.71. The van der Waals surface area contributed by atoms with Crippen LogP contribution in [0.25, 0.3) is 11.3 Å². The minimum atomic E-state index is 0.413. The van der Waals surface area contributed by atoms with Crippen LogP contribution in [-0.2, 0) is 6.54 Å². The van der Waals surface area contributed by atoms with Gasteiger partial charge < -0.3 is 9.80 Å². The van der Waals surface area contributed by atoms with Gasteiger partial charge in [0.25, 0.3) is 0 Å². The molecule has 0 bridgehead atoms. The molecule has 0 atom stereocenters. The van der Waals surface area contributed by atoms with E-state index in [0.717, 1.165) is 31.3 Å². The van der Waals surface area contributed by atoms with E-state index in [2.05, 4.69) is 37.2 Å². The standard InChI is InChI=1S/C13H18N8O/c1-4-20(8-9-21-7-5-6-14-21)13-12(19(2)3)15-10-11(16-13)18-22-17-10/h5-7H,4,8-9H2,1-3H3. The zero-order chi connectivity index (χ0) is 15.5. The fourth-order valence-electron chi connectivity index (χ4n) is 2.20. The number of rotatable bonds is 6. The molecule has 3 heterocycles. The zero-order valence-electron chi connectivity index (χ0n) is 12.8. The highest BCUT2D eigenvalue weighted by Gasteiger charge is 2.18. The summed E-state index contributed by atoms with van der Waals surface area (Å²) in [6.07, 6.45) is 3.71. The largest absolute Gasteiger partial charge is 0.360 e. The Morgan fingerprint density at radius 2 is 1.86 bits per heavy atom. The van der Waals surface area contributed by atoms with E-state index in [9.17, 15) is 0 Å². The first kappa shape index (κ1) is 14.2. The summed E-state index contributed by atoms with van der Waals surface area (Å²) in [6.45, 7) is 4.41. The van der Waals surface area contributed by atoms with Crippen LogP contribution in [0.5, 0.6) is 0 Å². The molecule has 0 amide bonds. The predicted molar refractivity (Wildman–Crippen MR) is 81.8 cm³/mol. The van der Waals surface area contributed by atoms with Gasteiger partial charge in [0, 0.05) is 39.6 Å². The number of hydrogen-bond donors (Lipinski definition) is 0. The quantitative estimate of drug-likeness (QED) is 0.660. The summed E-state index contributed by atoms with van der Waals surface area (Å²) in [5.41, 5.74) is 0.828. The van der Waals surface area contributed by atoms with Crippen LogP contribution in [-0.4, -0.2) is 57.2 Å². The van der Waals surface area contributed by atoms with Crippen molar-refractivity contribution in [3.05, 3.63) is 18.5 Å². The van der Waals surface area contributed by atoms with Gasteiger partial charge in [0.15, 0.2) is 11.6 Å². The molecule has 22 heavy (non-hydrogen) atoms. The molecule has 0 unspecified atom stereocenters. The Bertz CT molecular complexity index is 736. The smallest absolute Gasteiger partial charge is 0.245 e. The van der Waals surface area contributed by atoms with Crippen LogP contribution in [0.2, 0.25) is 0 Å². The summed E-state index contributed by atoms with van der Waals surface area (Å²) in [7, 11) is 3.85. The van der Waals surface area contributed by atoms with Crippen molar-refractivity contribution in [3.63, 3.8) is 0 Å². The van der Waals surface area contributed by atoms with E-state index in [1.807, 2.05) is 35.9 Å². The second-order valence-corrected chi connectivity index (χ2v) is 5.03. The van der Waals surface area contributed by atoms with Crippen LogP contribution < -0.4 is 9.80 Å².